The number of nitrogens with one attached hydrogen (secondary N) is 1. The summed E-state index contributed by atoms with van der Waals surface area (Å²) >= 11 is 0. The van der Waals surface area contributed by atoms with E-state index in [0.29, 0.717) is 12.2 Å². The average Bonchev–Trinajstić information content (AvgIpc) is 2.99. The first kappa shape index (κ1) is 31.5. The van der Waals surface area contributed by atoms with Gasteiger partial charge in [0, 0.05) is 19.5 Å². The van der Waals surface area contributed by atoms with Gasteiger partial charge in [0.25, 0.3) is 10.0 Å². The van der Waals surface area contributed by atoms with Gasteiger partial charge in [-0.2, -0.15) is 0 Å². The minimum absolute atomic E-state index is 0.0805. The number of hydrogen-bond donors (Lipinski definition) is 1. The van der Waals surface area contributed by atoms with Crippen molar-refractivity contribution in [2.24, 2.45) is 0 Å². The highest BCUT2D eigenvalue weighted by Crippen LogP contribution is 2.27. The summed E-state index contributed by atoms with van der Waals surface area (Å²) < 4.78 is 29.4. The minimum Gasteiger partial charge on any atom is -0.355 e. The van der Waals surface area contributed by atoms with Gasteiger partial charge in [-0.05, 0) is 79.8 Å². The quantitative estimate of drug-likeness (QED) is 0.231. The van der Waals surface area contributed by atoms with E-state index in [0.717, 1.165) is 32.1 Å². The molecule has 7 nitrogen and oxygen atoms in total. The molecule has 224 valence electrons. The van der Waals surface area contributed by atoms with E-state index in [2.05, 4.69) is 5.32 Å². The fourth-order valence-electron chi connectivity index (χ4n) is 5.16. The zero-order chi connectivity index (χ0) is 31.0. The summed E-state index contributed by atoms with van der Waals surface area (Å²) in [5, 5.41) is 2.89. The maximum absolute atomic E-state index is 14.5. The molecule has 1 unspecified atom stereocenters. The molecular formula is C35H39N3O4S. The van der Waals surface area contributed by atoms with Gasteiger partial charge >= 0.3 is 0 Å². The Morgan fingerprint density at radius 2 is 1.37 bits per heavy atom. The van der Waals surface area contributed by atoms with Gasteiger partial charge in [0.2, 0.25) is 11.8 Å². The predicted octanol–water partition coefficient (Wildman–Crippen LogP) is 5.58. The fourth-order valence-corrected chi connectivity index (χ4v) is 6.58. The Hall–Kier alpha value is -4.43. The van der Waals surface area contributed by atoms with Crippen molar-refractivity contribution in [1.82, 2.24) is 10.2 Å². The van der Waals surface area contributed by atoms with Crippen LogP contribution in [0.1, 0.15) is 34.7 Å². The molecule has 43 heavy (non-hydrogen) atoms. The summed E-state index contributed by atoms with van der Waals surface area (Å²) in [6.45, 7) is 7.63. The van der Waals surface area contributed by atoms with E-state index >= 15 is 0 Å². The molecule has 0 radical (unpaired) electrons. The molecule has 2 amide bonds. The van der Waals surface area contributed by atoms with Crippen LogP contribution in [0.25, 0.3) is 0 Å². The SMILES string of the molecule is CCNC(=O)C(Cc1ccccc1)N(Cc1ccccc1C)C(=O)CN(c1cc(C)cc(C)c1)S(=O)(=O)c1ccccc1. The predicted molar refractivity (Wildman–Crippen MR) is 171 cm³/mol. The van der Waals surface area contributed by atoms with Crippen molar-refractivity contribution < 1.29 is 18.0 Å². The van der Waals surface area contributed by atoms with E-state index in [4.69, 9.17) is 0 Å². The van der Waals surface area contributed by atoms with Crippen LogP contribution in [0.15, 0.2) is 108 Å². The van der Waals surface area contributed by atoms with Crippen LogP contribution in [0.2, 0.25) is 0 Å². The lowest BCUT2D eigenvalue weighted by molar-refractivity contribution is -0.140. The maximum Gasteiger partial charge on any atom is 0.264 e. The summed E-state index contributed by atoms with van der Waals surface area (Å²) in [5.74, 6) is -0.772. The van der Waals surface area contributed by atoms with Crippen LogP contribution in [0.4, 0.5) is 5.69 Å². The molecule has 0 aliphatic heterocycles. The monoisotopic (exact) mass is 597 g/mol. The third-order valence-corrected chi connectivity index (χ3v) is 9.12. The lowest BCUT2D eigenvalue weighted by atomic mass is 10.0. The molecule has 0 aliphatic rings. The molecule has 4 aromatic rings. The molecule has 4 rings (SSSR count). The molecular weight excluding hydrogens is 558 g/mol. The van der Waals surface area contributed by atoms with E-state index in [1.54, 1.807) is 30.3 Å². The minimum atomic E-state index is -4.13. The first-order chi connectivity index (χ1) is 20.6. The number of likely N-dealkylation sites (N-methyl/N-ethyl adjacent to an activating group) is 1. The van der Waals surface area contributed by atoms with E-state index < -0.39 is 28.5 Å². The molecule has 0 bridgehead atoms. The van der Waals surface area contributed by atoms with Crippen molar-refractivity contribution in [3.63, 3.8) is 0 Å². The van der Waals surface area contributed by atoms with E-state index in [-0.39, 0.29) is 23.8 Å². The zero-order valence-corrected chi connectivity index (χ0v) is 26.0. The molecule has 0 aliphatic carbocycles. The second-order valence-corrected chi connectivity index (χ2v) is 12.6. The number of rotatable bonds is 12. The number of anilines is 1. The van der Waals surface area contributed by atoms with Crippen molar-refractivity contribution in [1.29, 1.82) is 0 Å². The highest BCUT2D eigenvalue weighted by molar-refractivity contribution is 7.92. The number of amides is 2. The topological polar surface area (TPSA) is 86.8 Å². The molecule has 1 atom stereocenters. The van der Waals surface area contributed by atoms with Gasteiger partial charge < -0.3 is 10.2 Å². The second-order valence-electron chi connectivity index (χ2n) is 10.7. The van der Waals surface area contributed by atoms with E-state index in [1.165, 1.54) is 17.0 Å². The molecule has 0 spiro atoms. The number of sulfonamides is 1. The van der Waals surface area contributed by atoms with Gasteiger partial charge in [0.15, 0.2) is 0 Å². The van der Waals surface area contributed by atoms with E-state index in [1.807, 2.05) is 88.4 Å². The first-order valence-corrected chi connectivity index (χ1v) is 15.9. The number of hydrogen-bond acceptors (Lipinski definition) is 4. The fraction of sp³-hybridized carbons (Fsp3) is 0.257. The normalized spacial score (nSPS) is 11.9. The van der Waals surface area contributed by atoms with Gasteiger partial charge in [-0.3, -0.25) is 13.9 Å². The van der Waals surface area contributed by atoms with Gasteiger partial charge in [0.05, 0.1) is 10.6 Å². The molecule has 0 aromatic heterocycles. The summed E-state index contributed by atoms with van der Waals surface area (Å²) in [5.41, 5.74) is 4.88. The highest BCUT2D eigenvalue weighted by atomic mass is 32.2. The average molecular weight is 598 g/mol. The maximum atomic E-state index is 14.5. The summed E-state index contributed by atoms with van der Waals surface area (Å²) in [7, 11) is -4.13. The summed E-state index contributed by atoms with van der Waals surface area (Å²) in [4.78, 5) is 29.7. The highest BCUT2D eigenvalue weighted by Gasteiger charge is 2.34. The van der Waals surface area contributed by atoms with Crippen molar-refractivity contribution >= 4 is 27.5 Å². The van der Waals surface area contributed by atoms with Gasteiger partial charge in [-0.1, -0.05) is 78.9 Å². The zero-order valence-electron chi connectivity index (χ0n) is 25.2. The molecule has 0 fully saturated rings. The number of benzene rings is 4. The Balaban J connectivity index is 1.82. The van der Waals surface area contributed by atoms with Crippen LogP contribution in [-0.2, 0) is 32.6 Å². The standard InChI is InChI=1S/C35H39N3O4S/c1-5-36-35(40)33(23-29-15-8-6-9-16-29)37(24-30-17-13-12-14-28(30)4)34(39)25-38(31-21-26(2)20-27(3)22-31)43(41,42)32-18-10-7-11-19-32/h6-22,33H,5,23-25H2,1-4H3,(H,36,40). The Morgan fingerprint density at radius 3 is 1.98 bits per heavy atom. The third kappa shape index (κ3) is 7.90. The van der Waals surface area contributed by atoms with Crippen LogP contribution in [0.3, 0.4) is 0 Å². The third-order valence-electron chi connectivity index (χ3n) is 7.33. The van der Waals surface area contributed by atoms with Crippen molar-refractivity contribution in [3.05, 3.63) is 131 Å². The Morgan fingerprint density at radius 1 is 0.791 bits per heavy atom. The molecule has 0 saturated carbocycles. The smallest absolute Gasteiger partial charge is 0.264 e. The van der Waals surface area contributed by atoms with Crippen LogP contribution < -0.4 is 9.62 Å². The molecule has 0 saturated heterocycles. The first-order valence-electron chi connectivity index (χ1n) is 14.4. The number of carbonyl (C=O) groups is 2. The van der Waals surface area contributed by atoms with Gasteiger partial charge in [-0.15, -0.1) is 0 Å². The Bertz CT molecular complexity index is 1640. The molecule has 4 aromatic carbocycles. The number of nitrogens with zero attached hydrogens (tertiary/aromatic N) is 2. The second kappa shape index (κ2) is 14.2. The van der Waals surface area contributed by atoms with Crippen molar-refractivity contribution in [3.8, 4) is 0 Å². The van der Waals surface area contributed by atoms with E-state index in [9.17, 15) is 18.0 Å². The largest absolute Gasteiger partial charge is 0.355 e. The lowest BCUT2D eigenvalue weighted by Crippen LogP contribution is -2.53. The number of aryl methyl sites for hydroxylation is 3. The van der Waals surface area contributed by atoms with Crippen molar-refractivity contribution in [2.75, 3.05) is 17.4 Å². The van der Waals surface area contributed by atoms with Crippen LogP contribution in [0.5, 0.6) is 0 Å². The Labute approximate surface area is 255 Å². The van der Waals surface area contributed by atoms with Gasteiger partial charge in [0.1, 0.15) is 12.6 Å². The lowest BCUT2D eigenvalue weighted by Gasteiger charge is -2.34. The molecule has 8 heteroatoms. The van der Waals surface area contributed by atoms with Crippen LogP contribution in [0, 0.1) is 20.8 Å². The van der Waals surface area contributed by atoms with Crippen LogP contribution >= 0.6 is 0 Å². The van der Waals surface area contributed by atoms with Crippen LogP contribution in [-0.4, -0.2) is 44.3 Å². The van der Waals surface area contributed by atoms with Gasteiger partial charge in [-0.25, -0.2) is 8.42 Å². The number of carbonyl (C=O) groups excluding carboxylic acids is 2. The molecule has 1 N–H and O–H groups in total. The molecule has 0 heterocycles. The van der Waals surface area contributed by atoms with Crippen molar-refractivity contribution in [2.45, 2.75) is 51.6 Å². The summed E-state index contributed by atoms with van der Waals surface area (Å²) in [6, 6.07) is 29.9. The Kier molecular flexibility index (Phi) is 10.4. The summed E-state index contributed by atoms with van der Waals surface area (Å²) in [6.07, 6.45) is 0.277.